The molecule has 0 fully saturated rings. The molecule has 0 aliphatic heterocycles. The van der Waals surface area contributed by atoms with Crippen molar-refractivity contribution in [3.05, 3.63) is 60.2 Å². The van der Waals surface area contributed by atoms with E-state index in [1.54, 1.807) is 23.8 Å². The summed E-state index contributed by atoms with van der Waals surface area (Å²) in [6, 6.07) is 13.5. The Morgan fingerprint density at radius 1 is 1.16 bits per heavy atom. The lowest BCUT2D eigenvalue weighted by atomic mass is 10.2. The maximum atomic E-state index is 13.9. The average molecular weight is 445 g/mol. The van der Waals surface area contributed by atoms with E-state index in [2.05, 4.69) is 15.5 Å². The fourth-order valence-corrected chi connectivity index (χ4v) is 3.89. The molecule has 31 heavy (non-hydrogen) atoms. The molecule has 0 saturated heterocycles. The number of methoxy groups -OCH3 is 1. The van der Waals surface area contributed by atoms with Gasteiger partial charge in [-0.05, 0) is 37.6 Å². The molecule has 0 aliphatic rings. The van der Waals surface area contributed by atoms with Gasteiger partial charge in [-0.3, -0.25) is 4.79 Å². The van der Waals surface area contributed by atoms with Crippen LogP contribution in [0.2, 0.25) is 0 Å². The number of thioether (sulfide) groups is 1. The molecule has 1 amide bonds. The highest BCUT2D eigenvalue weighted by Gasteiger charge is 2.24. The lowest BCUT2D eigenvalue weighted by Crippen LogP contribution is -2.25. The van der Waals surface area contributed by atoms with Gasteiger partial charge in [0.25, 0.3) is 0 Å². The number of amides is 1. The molecule has 1 heterocycles. The summed E-state index contributed by atoms with van der Waals surface area (Å²) in [6.45, 7) is 3.76. The minimum Gasteiger partial charge on any atom is -0.493 e. The molecule has 0 saturated carbocycles. The lowest BCUT2D eigenvalue weighted by Gasteiger charge is -2.17. The number of nitrogens with one attached hydrogen (secondary N) is 1. The standard InChI is InChI=1S/C22H25FN4O3S/c1-5-19(21(28)24-16-11-7-6-10-15(16)23)31-22-26-25-20(27(22)3)14(2)30-18-13-9-8-12-17(18)29-4/h6-14,19H,5H2,1-4H3,(H,24,28). The van der Waals surface area contributed by atoms with Crippen molar-refractivity contribution in [1.29, 1.82) is 0 Å². The van der Waals surface area contributed by atoms with Crippen LogP contribution in [-0.2, 0) is 11.8 Å². The van der Waals surface area contributed by atoms with E-state index >= 15 is 0 Å². The number of anilines is 1. The number of rotatable bonds is 9. The van der Waals surface area contributed by atoms with Crippen molar-refractivity contribution in [2.75, 3.05) is 12.4 Å². The van der Waals surface area contributed by atoms with Crippen molar-refractivity contribution < 1.29 is 18.7 Å². The molecule has 1 aromatic heterocycles. The number of halogens is 1. The summed E-state index contributed by atoms with van der Waals surface area (Å²) in [5.74, 6) is 1.07. The van der Waals surface area contributed by atoms with Crippen molar-refractivity contribution in [3.63, 3.8) is 0 Å². The van der Waals surface area contributed by atoms with Crippen LogP contribution in [0.3, 0.4) is 0 Å². The summed E-state index contributed by atoms with van der Waals surface area (Å²) >= 11 is 1.28. The topological polar surface area (TPSA) is 78.3 Å². The van der Waals surface area contributed by atoms with Gasteiger partial charge in [-0.15, -0.1) is 10.2 Å². The maximum Gasteiger partial charge on any atom is 0.238 e. The molecule has 0 aliphatic carbocycles. The Labute approximate surface area is 185 Å². The Morgan fingerprint density at radius 3 is 2.52 bits per heavy atom. The molecule has 164 valence electrons. The number of benzene rings is 2. The first-order valence-electron chi connectivity index (χ1n) is 9.85. The first-order chi connectivity index (χ1) is 14.9. The van der Waals surface area contributed by atoms with Crippen LogP contribution < -0.4 is 14.8 Å². The molecule has 2 atom stereocenters. The van der Waals surface area contributed by atoms with Crippen LogP contribution in [0.4, 0.5) is 10.1 Å². The third-order valence-corrected chi connectivity index (χ3v) is 6.05. The van der Waals surface area contributed by atoms with E-state index in [-0.39, 0.29) is 11.6 Å². The van der Waals surface area contributed by atoms with Crippen LogP contribution in [0.25, 0.3) is 0 Å². The molecule has 0 radical (unpaired) electrons. The number of hydrogen-bond donors (Lipinski definition) is 1. The van der Waals surface area contributed by atoms with E-state index in [4.69, 9.17) is 9.47 Å². The summed E-state index contributed by atoms with van der Waals surface area (Å²) in [4.78, 5) is 12.7. The highest BCUT2D eigenvalue weighted by atomic mass is 32.2. The van der Waals surface area contributed by atoms with Crippen LogP contribution in [0.5, 0.6) is 11.5 Å². The quantitative estimate of drug-likeness (QED) is 0.486. The van der Waals surface area contributed by atoms with Crippen LogP contribution in [0, 0.1) is 5.82 Å². The molecule has 3 aromatic rings. The van der Waals surface area contributed by atoms with Gasteiger partial charge in [0.1, 0.15) is 5.82 Å². The predicted molar refractivity (Wildman–Crippen MR) is 118 cm³/mol. The lowest BCUT2D eigenvalue weighted by molar-refractivity contribution is -0.115. The number of hydrogen-bond acceptors (Lipinski definition) is 6. The maximum absolute atomic E-state index is 13.9. The van der Waals surface area contributed by atoms with Gasteiger partial charge in [0.15, 0.2) is 28.6 Å². The largest absolute Gasteiger partial charge is 0.493 e. The monoisotopic (exact) mass is 444 g/mol. The minimum atomic E-state index is -0.473. The van der Waals surface area contributed by atoms with Gasteiger partial charge in [0.05, 0.1) is 18.0 Å². The summed E-state index contributed by atoms with van der Waals surface area (Å²) in [5, 5.41) is 11.2. The Bertz CT molecular complexity index is 1040. The zero-order valence-corrected chi connectivity index (χ0v) is 18.6. The Morgan fingerprint density at radius 2 is 1.84 bits per heavy atom. The fourth-order valence-electron chi connectivity index (χ4n) is 2.97. The van der Waals surface area contributed by atoms with E-state index in [0.717, 1.165) is 0 Å². The van der Waals surface area contributed by atoms with E-state index in [1.807, 2.05) is 45.2 Å². The number of carbonyl (C=O) groups is 1. The van der Waals surface area contributed by atoms with Gasteiger partial charge in [0, 0.05) is 7.05 Å². The average Bonchev–Trinajstić information content (AvgIpc) is 3.14. The third kappa shape index (κ3) is 5.35. The van der Waals surface area contributed by atoms with Gasteiger partial charge < -0.3 is 19.4 Å². The molecular formula is C22H25FN4O3S. The number of aromatic nitrogens is 3. The second-order valence-corrected chi connectivity index (χ2v) is 7.96. The van der Waals surface area contributed by atoms with E-state index in [0.29, 0.717) is 28.9 Å². The Balaban J connectivity index is 1.71. The fraction of sp³-hybridized carbons (Fsp3) is 0.318. The van der Waals surface area contributed by atoms with Gasteiger partial charge in [-0.25, -0.2) is 4.39 Å². The van der Waals surface area contributed by atoms with Gasteiger partial charge >= 0.3 is 0 Å². The number of carbonyl (C=O) groups excluding carboxylic acids is 1. The third-order valence-electron chi connectivity index (χ3n) is 4.65. The van der Waals surface area contributed by atoms with Crippen LogP contribution in [0.15, 0.2) is 53.7 Å². The van der Waals surface area contributed by atoms with E-state index < -0.39 is 17.2 Å². The van der Waals surface area contributed by atoms with E-state index in [1.165, 1.54) is 23.9 Å². The number of nitrogens with zero attached hydrogens (tertiary/aromatic N) is 3. The zero-order valence-electron chi connectivity index (χ0n) is 17.8. The van der Waals surface area contributed by atoms with Crippen molar-refractivity contribution in [2.45, 2.75) is 36.8 Å². The van der Waals surface area contributed by atoms with Gasteiger partial charge in [-0.2, -0.15) is 0 Å². The summed E-state index contributed by atoms with van der Waals surface area (Å²) < 4.78 is 27.0. The minimum absolute atomic E-state index is 0.157. The van der Waals surface area contributed by atoms with Crippen molar-refractivity contribution in [3.8, 4) is 11.5 Å². The van der Waals surface area contributed by atoms with E-state index in [9.17, 15) is 9.18 Å². The zero-order chi connectivity index (χ0) is 22.4. The normalized spacial score (nSPS) is 12.8. The molecule has 2 aromatic carbocycles. The first-order valence-corrected chi connectivity index (χ1v) is 10.7. The summed E-state index contributed by atoms with van der Waals surface area (Å²) in [7, 11) is 3.41. The highest BCUT2D eigenvalue weighted by molar-refractivity contribution is 8.00. The van der Waals surface area contributed by atoms with Crippen molar-refractivity contribution in [1.82, 2.24) is 14.8 Å². The molecule has 3 rings (SSSR count). The molecule has 2 unspecified atom stereocenters. The Kier molecular flexibility index (Phi) is 7.51. The highest BCUT2D eigenvalue weighted by Crippen LogP contribution is 2.32. The molecule has 0 bridgehead atoms. The second kappa shape index (κ2) is 10.3. The first kappa shape index (κ1) is 22.6. The van der Waals surface area contributed by atoms with Crippen LogP contribution in [-0.4, -0.2) is 33.0 Å². The van der Waals surface area contributed by atoms with Crippen molar-refractivity contribution in [2.24, 2.45) is 7.05 Å². The van der Waals surface area contributed by atoms with Crippen LogP contribution >= 0.6 is 11.8 Å². The summed E-state index contributed by atoms with van der Waals surface area (Å²) in [6.07, 6.45) is 0.149. The molecule has 9 heteroatoms. The number of para-hydroxylation sites is 3. The SMILES string of the molecule is CCC(Sc1nnc(C(C)Oc2ccccc2OC)n1C)C(=O)Nc1ccccc1F. The molecule has 0 spiro atoms. The van der Waals surface area contributed by atoms with Gasteiger partial charge in [-0.1, -0.05) is 43.0 Å². The molecule has 7 nitrogen and oxygen atoms in total. The molecule has 1 N–H and O–H groups in total. The van der Waals surface area contributed by atoms with Crippen molar-refractivity contribution >= 4 is 23.4 Å². The molecular weight excluding hydrogens is 419 g/mol. The van der Waals surface area contributed by atoms with Crippen LogP contribution in [0.1, 0.15) is 32.2 Å². The number of ether oxygens (including phenoxy) is 2. The Hall–Kier alpha value is -3.07. The predicted octanol–water partition coefficient (Wildman–Crippen LogP) is 4.61. The van der Waals surface area contributed by atoms with Gasteiger partial charge in [0.2, 0.25) is 5.91 Å². The smallest absolute Gasteiger partial charge is 0.238 e. The summed E-state index contributed by atoms with van der Waals surface area (Å²) in [5.41, 5.74) is 0.157. The second-order valence-electron chi connectivity index (χ2n) is 6.79.